The molecule has 0 aliphatic carbocycles. The third-order valence-electron chi connectivity index (χ3n) is 10.2. The van der Waals surface area contributed by atoms with Crippen LogP contribution in [-0.4, -0.2) is 70.2 Å². The smallest absolute Gasteiger partial charge is 0.353 e. The van der Waals surface area contributed by atoms with Crippen molar-refractivity contribution in [3.63, 3.8) is 0 Å². The van der Waals surface area contributed by atoms with Gasteiger partial charge >= 0.3 is 5.69 Å². The van der Waals surface area contributed by atoms with Crippen LogP contribution >= 0.6 is 0 Å². The molecule has 3 N–H and O–H groups in total. The van der Waals surface area contributed by atoms with Crippen molar-refractivity contribution < 1.29 is 23.2 Å². The second-order valence-corrected chi connectivity index (χ2v) is 32.3. The van der Waals surface area contributed by atoms with Crippen molar-refractivity contribution in [1.82, 2.24) is 9.55 Å². The minimum Gasteiger partial charge on any atom is -0.414 e. The fourth-order valence-electron chi connectivity index (χ4n) is 4.10. The molecule has 4 atom stereocenters. The fourth-order valence-corrected chi connectivity index (χ4v) is 7.72. The standard InChI is InChI=1S/C31H64N4O6Si3/c1-28(2,3)35(37)23-19-22(32)33-27(36)34(23)26-25(41-44(17,18)31(10,11)12)24(40-43(15,16)30(7,8)9)21(39-26)20-38-42(13,14)29(4,5)6/h19,21,24-26,37H,20H2,1-18H3,(H2,32,33,36)/t21-,24-,25-,26-/m1/s1. The Morgan fingerprint density at radius 1 is 0.841 bits per heavy atom. The van der Waals surface area contributed by atoms with Gasteiger partial charge in [0.25, 0.3) is 0 Å². The van der Waals surface area contributed by atoms with Crippen LogP contribution < -0.4 is 16.5 Å². The summed E-state index contributed by atoms with van der Waals surface area (Å²) < 4.78 is 29.4. The predicted octanol–water partition coefficient (Wildman–Crippen LogP) is 7.52. The molecule has 1 saturated heterocycles. The maximum atomic E-state index is 13.7. The van der Waals surface area contributed by atoms with E-state index in [-0.39, 0.29) is 33.4 Å². The van der Waals surface area contributed by atoms with Gasteiger partial charge in [-0.2, -0.15) is 4.98 Å². The molecule has 44 heavy (non-hydrogen) atoms. The van der Waals surface area contributed by atoms with Crippen LogP contribution in [0.4, 0.5) is 11.6 Å². The number of ether oxygens (including phenoxy) is 1. The van der Waals surface area contributed by atoms with Gasteiger partial charge in [-0.05, 0) is 75.2 Å². The van der Waals surface area contributed by atoms with Crippen LogP contribution in [0.5, 0.6) is 0 Å². The molecule has 1 aliphatic heterocycles. The highest BCUT2D eigenvalue weighted by atomic mass is 28.4. The van der Waals surface area contributed by atoms with Gasteiger partial charge in [-0.25, -0.2) is 14.4 Å². The largest absolute Gasteiger partial charge is 0.414 e. The fraction of sp³-hybridized carbons (Fsp3) is 0.871. The van der Waals surface area contributed by atoms with Gasteiger partial charge in [0.1, 0.15) is 29.9 Å². The first kappa shape index (κ1) is 39.1. The maximum absolute atomic E-state index is 13.7. The summed E-state index contributed by atoms with van der Waals surface area (Å²) in [7, 11) is -7.00. The average Bonchev–Trinajstić information content (AvgIpc) is 3.09. The van der Waals surface area contributed by atoms with Crippen LogP contribution in [0.25, 0.3) is 0 Å². The highest BCUT2D eigenvalue weighted by molar-refractivity contribution is 6.75. The van der Waals surface area contributed by atoms with Gasteiger partial charge in [-0.3, -0.25) is 5.21 Å². The molecule has 13 heteroatoms. The van der Waals surface area contributed by atoms with Crippen molar-refractivity contribution in [3.05, 3.63) is 16.6 Å². The van der Waals surface area contributed by atoms with Crippen LogP contribution in [-0.2, 0) is 18.0 Å². The van der Waals surface area contributed by atoms with E-state index >= 15 is 0 Å². The molecule has 1 fully saturated rings. The van der Waals surface area contributed by atoms with Gasteiger partial charge in [0.05, 0.1) is 12.1 Å². The second-order valence-electron chi connectivity index (χ2n) is 18.0. The number of nitrogens with two attached hydrogens (primary N) is 1. The van der Waals surface area contributed by atoms with E-state index in [1.807, 2.05) is 20.8 Å². The molecule has 10 nitrogen and oxygen atoms in total. The number of aromatic nitrogens is 2. The number of rotatable bonds is 9. The molecule has 0 amide bonds. The topological polar surface area (TPSA) is 121 Å². The van der Waals surface area contributed by atoms with E-state index in [4.69, 9.17) is 23.7 Å². The van der Waals surface area contributed by atoms with E-state index in [1.165, 1.54) is 10.6 Å². The third-order valence-corrected chi connectivity index (χ3v) is 23.7. The number of nitrogens with zero attached hydrogens (tertiary/aromatic N) is 3. The highest BCUT2D eigenvalue weighted by Gasteiger charge is 2.55. The van der Waals surface area contributed by atoms with E-state index < -0.39 is 60.7 Å². The summed E-state index contributed by atoms with van der Waals surface area (Å²) in [6, 6.07) is 1.50. The number of hydrogen-bond acceptors (Lipinski definition) is 9. The van der Waals surface area contributed by atoms with Crippen LogP contribution in [0.15, 0.2) is 10.9 Å². The number of nitrogen functional groups attached to an aromatic ring is 1. The van der Waals surface area contributed by atoms with Crippen LogP contribution in [0.3, 0.4) is 0 Å². The predicted molar refractivity (Wildman–Crippen MR) is 188 cm³/mol. The minimum atomic E-state index is -2.45. The van der Waals surface area contributed by atoms with Gasteiger partial charge in [0.15, 0.2) is 31.2 Å². The summed E-state index contributed by atoms with van der Waals surface area (Å²) in [4.78, 5) is 17.8. The Morgan fingerprint density at radius 3 is 1.68 bits per heavy atom. The molecular weight excluding hydrogens is 609 g/mol. The Kier molecular flexibility index (Phi) is 11.1. The lowest BCUT2D eigenvalue weighted by molar-refractivity contribution is -0.0516. The van der Waals surface area contributed by atoms with Crippen molar-refractivity contribution >= 4 is 36.6 Å². The Labute approximate surface area is 270 Å². The molecule has 1 aromatic heterocycles. The summed E-state index contributed by atoms with van der Waals surface area (Å²) in [5, 5.41) is 12.2. The molecule has 0 saturated carbocycles. The Hall–Kier alpha value is -1.07. The van der Waals surface area contributed by atoms with Crippen LogP contribution in [0, 0.1) is 0 Å². The van der Waals surface area contributed by atoms with Gasteiger partial charge in [-0.15, -0.1) is 0 Å². The zero-order chi connectivity index (χ0) is 34.6. The second kappa shape index (κ2) is 12.5. The molecule has 256 valence electrons. The lowest BCUT2D eigenvalue weighted by Crippen LogP contribution is -2.55. The van der Waals surface area contributed by atoms with E-state index in [0.717, 1.165) is 5.06 Å². The Balaban J connectivity index is 2.87. The Bertz CT molecular complexity index is 1210. The van der Waals surface area contributed by atoms with E-state index in [1.54, 1.807) is 0 Å². The number of hydrogen-bond donors (Lipinski definition) is 2. The molecule has 0 bridgehead atoms. The summed E-state index contributed by atoms with van der Waals surface area (Å²) in [5.74, 6) is 0.192. The van der Waals surface area contributed by atoms with Gasteiger partial charge in [-0.1, -0.05) is 62.3 Å². The van der Waals surface area contributed by atoms with Crippen LogP contribution in [0.2, 0.25) is 54.4 Å². The first-order valence-electron chi connectivity index (χ1n) is 15.9. The zero-order valence-electron chi connectivity index (χ0n) is 31.0. The van der Waals surface area contributed by atoms with Crippen molar-refractivity contribution in [2.24, 2.45) is 0 Å². The van der Waals surface area contributed by atoms with Crippen LogP contribution in [0.1, 0.15) is 89.3 Å². The summed E-state index contributed by atoms with van der Waals surface area (Å²) >= 11 is 0. The highest BCUT2D eigenvalue weighted by Crippen LogP contribution is 2.47. The number of anilines is 2. The van der Waals surface area contributed by atoms with Gasteiger partial charge < -0.3 is 23.7 Å². The molecule has 2 rings (SSSR count). The molecule has 1 aliphatic rings. The van der Waals surface area contributed by atoms with Crippen molar-refractivity contribution in [1.29, 1.82) is 0 Å². The molecule has 0 spiro atoms. The first-order chi connectivity index (χ1) is 19.3. The minimum absolute atomic E-state index is 0.00703. The lowest BCUT2D eigenvalue weighted by atomic mass is 10.1. The monoisotopic (exact) mass is 672 g/mol. The van der Waals surface area contributed by atoms with Crippen molar-refractivity contribution in [2.45, 2.75) is 168 Å². The van der Waals surface area contributed by atoms with Gasteiger partial charge in [0, 0.05) is 6.07 Å². The average molecular weight is 673 g/mol. The summed E-state index contributed by atoms with van der Waals surface area (Å²) in [6.07, 6.45) is -2.68. The quantitative estimate of drug-likeness (QED) is 0.203. The molecule has 2 heterocycles. The maximum Gasteiger partial charge on any atom is 0.353 e. The van der Waals surface area contributed by atoms with Gasteiger partial charge in [0.2, 0.25) is 0 Å². The van der Waals surface area contributed by atoms with E-state index in [2.05, 4.69) is 107 Å². The van der Waals surface area contributed by atoms with Crippen molar-refractivity contribution in [3.8, 4) is 0 Å². The molecule has 0 radical (unpaired) electrons. The lowest BCUT2D eigenvalue weighted by Gasteiger charge is -2.44. The van der Waals surface area contributed by atoms with E-state index in [9.17, 15) is 10.0 Å². The number of hydroxylamine groups is 1. The van der Waals surface area contributed by atoms with Crippen molar-refractivity contribution in [2.75, 3.05) is 17.4 Å². The molecule has 0 aromatic carbocycles. The first-order valence-corrected chi connectivity index (χ1v) is 24.6. The molecular formula is C31H64N4O6Si3. The summed E-state index contributed by atoms with van der Waals surface area (Å²) in [5.41, 5.74) is 4.68. The normalized spacial score (nSPS) is 22.9. The van der Waals surface area contributed by atoms with E-state index in [0.29, 0.717) is 0 Å². The third kappa shape index (κ3) is 8.44. The Morgan fingerprint density at radius 2 is 1.27 bits per heavy atom. The SMILES string of the molecule is CC(C)(C)N(O)c1cc(N)nc(=O)n1[C@@H]1O[C@H](CO[Si](C)(C)C(C)(C)C)[C@@H](O[Si](C)(C)C(C)(C)C)[C@H]1O[Si](C)(C)C(C)(C)C. The zero-order valence-corrected chi connectivity index (χ0v) is 34.0. The summed E-state index contributed by atoms with van der Waals surface area (Å²) in [6.45, 7) is 38.8. The molecule has 1 aromatic rings. The molecule has 0 unspecified atom stereocenters.